The molecule has 0 bridgehead atoms. The molecule has 3 rings (SSSR count). The summed E-state index contributed by atoms with van der Waals surface area (Å²) < 4.78 is 5.22. The maximum Gasteiger partial charge on any atom is 0.224 e. The zero-order chi connectivity index (χ0) is 9.54. The molecule has 2 heterocycles. The molecule has 1 aromatic carbocycles. The lowest BCUT2D eigenvalue weighted by molar-refractivity contribution is -0.116. The lowest BCUT2D eigenvalue weighted by Gasteiger charge is -2.17. The summed E-state index contributed by atoms with van der Waals surface area (Å²) in [6.07, 6.45) is 1.75. The highest BCUT2D eigenvalue weighted by Crippen LogP contribution is 2.33. The van der Waals surface area contributed by atoms with Crippen LogP contribution in [0.2, 0.25) is 0 Å². The molecule has 1 fully saturated rings. The van der Waals surface area contributed by atoms with Gasteiger partial charge in [0, 0.05) is 12.1 Å². The monoisotopic (exact) mass is 189 g/mol. The van der Waals surface area contributed by atoms with Gasteiger partial charge in [0.15, 0.2) is 0 Å². The van der Waals surface area contributed by atoms with E-state index in [1.165, 1.54) is 11.1 Å². The SMILES string of the molecule is O=C1CCc2cc([C@H]3CO3)ccc2N1. The summed E-state index contributed by atoms with van der Waals surface area (Å²) >= 11 is 0. The van der Waals surface area contributed by atoms with Crippen molar-refractivity contribution in [3.63, 3.8) is 0 Å². The third kappa shape index (κ3) is 1.30. The predicted molar refractivity (Wildman–Crippen MR) is 52.1 cm³/mol. The van der Waals surface area contributed by atoms with Crippen molar-refractivity contribution in [3.8, 4) is 0 Å². The Morgan fingerprint density at radius 1 is 1.36 bits per heavy atom. The molecule has 0 saturated carbocycles. The molecule has 1 saturated heterocycles. The van der Waals surface area contributed by atoms with Gasteiger partial charge < -0.3 is 10.1 Å². The van der Waals surface area contributed by atoms with Crippen LogP contribution in [0, 0.1) is 0 Å². The number of carbonyl (C=O) groups is 1. The van der Waals surface area contributed by atoms with E-state index in [0.717, 1.165) is 18.7 Å². The standard InChI is InChI=1S/C11H11NO2/c13-11-4-2-7-5-8(10-6-14-10)1-3-9(7)12-11/h1,3,5,10H,2,4,6H2,(H,12,13)/t10-/m1/s1. The second-order valence-electron chi connectivity index (χ2n) is 3.79. The fourth-order valence-corrected chi connectivity index (χ4v) is 1.84. The molecule has 1 atom stereocenters. The van der Waals surface area contributed by atoms with Gasteiger partial charge in [-0.05, 0) is 23.6 Å². The van der Waals surface area contributed by atoms with Crippen molar-refractivity contribution < 1.29 is 9.53 Å². The van der Waals surface area contributed by atoms with Crippen LogP contribution in [0.5, 0.6) is 0 Å². The minimum atomic E-state index is 0.118. The van der Waals surface area contributed by atoms with Gasteiger partial charge in [0.25, 0.3) is 0 Å². The molecule has 2 aliphatic rings. The third-order valence-corrected chi connectivity index (χ3v) is 2.73. The van der Waals surface area contributed by atoms with Crippen molar-refractivity contribution >= 4 is 11.6 Å². The fourth-order valence-electron chi connectivity index (χ4n) is 1.84. The quantitative estimate of drug-likeness (QED) is 0.682. The number of ether oxygens (including phenoxy) is 1. The number of benzene rings is 1. The average Bonchev–Trinajstić information content (AvgIpc) is 3.00. The van der Waals surface area contributed by atoms with Crippen LogP contribution in [0.1, 0.15) is 23.7 Å². The summed E-state index contributed by atoms with van der Waals surface area (Å²) in [5.74, 6) is 0.118. The second-order valence-corrected chi connectivity index (χ2v) is 3.79. The van der Waals surface area contributed by atoms with Crippen LogP contribution >= 0.6 is 0 Å². The highest BCUT2D eigenvalue weighted by Gasteiger charge is 2.26. The molecular weight excluding hydrogens is 178 g/mol. The summed E-state index contributed by atoms with van der Waals surface area (Å²) in [5.41, 5.74) is 3.43. The van der Waals surface area contributed by atoms with E-state index in [1.807, 2.05) is 12.1 Å². The van der Waals surface area contributed by atoms with Crippen LogP contribution in [-0.4, -0.2) is 12.5 Å². The Kier molecular flexibility index (Phi) is 1.61. The van der Waals surface area contributed by atoms with Gasteiger partial charge >= 0.3 is 0 Å². The van der Waals surface area contributed by atoms with Crippen molar-refractivity contribution in [2.24, 2.45) is 0 Å². The normalized spacial score (nSPS) is 24.0. The molecule has 0 unspecified atom stereocenters. The minimum absolute atomic E-state index is 0.118. The van der Waals surface area contributed by atoms with E-state index in [1.54, 1.807) is 0 Å². The molecule has 1 N–H and O–H groups in total. The molecule has 0 spiro atoms. The van der Waals surface area contributed by atoms with Crippen molar-refractivity contribution in [2.45, 2.75) is 18.9 Å². The number of anilines is 1. The first-order valence-corrected chi connectivity index (χ1v) is 4.87. The predicted octanol–water partition coefficient (Wildman–Crippen LogP) is 1.64. The van der Waals surface area contributed by atoms with Crippen molar-refractivity contribution in [2.75, 3.05) is 11.9 Å². The molecule has 1 aromatic rings. The van der Waals surface area contributed by atoms with Crippen molar-refractivity contribution in [3.05, 3.63) is 29.3 Å². The molecule has 0 aromatic heterocycles. The van der Waals surface area contributed by atoms with Crippen LogP contribution in [0.3, 0.4) is 0 Å². The molecule has 0 radical (unpaired) electrons. The summed E-state index contributed by atoms with van der Waals surface area (Å²) in [4.78, 5) is 11.1. The van der Waals surface area contributed by atoms with E-state index in [-0.39, 0.29) is 5.91 Å². The number of rotatable bonds is 1. The molecule has 3 nitrogen and oxygen atoms in total. The number of amides is 1. The maximum atomic E-state index is 11.1. The molecule has 1 amide bonds. The van der Waals surface area contributed by atoms with Crippen LogP contribution in [0.15, 0.2) is 18.2 Å². The molecular formula is C11H11NO2. The Labute approximate surface area is 82.1 Å². The Morgan fingerprint density at radius 2 is 2.21 bits per heavy atom. The van der Waals surface area contributed by atoms with Crippen LogP contribution in [0.4, 0.5) is 5.69 Å². The molecule has 2 aliphatic heterocycles. The summed E-state index contributed by atoms with van der Waals surface area (Å²) in [7, 11) is 0. The van der Waals surface area contributed by atoms with Gasteiger partial charge in [-0.25, -0.2) is 0 Å². The van der Waals surface area contributed by atoms with E-state index in [9.17, 15) is 4.79 Å². The van der Waals surface area contributed by atoms with Gasteiger partial charge in [0.1, 0.15) is 6.10 Å². The molecule has 72 valence electrons. The van der Waals surface area contributed by atoms with Gasteiger partial charge in [0.2, 0.25) is 5.91 Å². The first-order chi connectivity index (χ1) is 6.83. The van der Waals surface area contributed by atoms with Crippen molar-refractivity contribution in [1.82, 2.24) is 0 Å². The van der Waals surface area contributed by atoms with Crippen molar-refractivity contribution in [1.29, 1.82) is 0 Å². The fraction of sp³-hybridized carbons (Fsp3) is 0.364. The van der Waals surface area contributed by atoms with Gasteiger partial charge in [-0.2, -0.15) is 0 Å². The van der Waals surface area contributed by atoms with E-state index in [4.69, 9.17) is 4.74 Å². The number of carbonyl (C=O) groups excluding carboxylic acids is 1. The Hall–Kier alpha value is -1.35. The van der Waals surface area contributed by atoms with Gasteiger partial charge in [-0.15, -0.1) is 0 Å². The Bertz CT molecular complexity index is 396. The highest BCUT2D eigenvalue weighted by atomic mass is 16.6. The Balaban J connectivity index is 1.97. The molecule has 3 heteroatoms. The lowest BCUT2D eigenvalue weighted by atomic mass is 9.99. The number of aryl methyl sites for hydroxylation is 1. The summed E-state index contributed by atoms with van der Waals surface area (Å²) in [5, 5.41) is 2.87. The first-order valence-electron chi connectivity index (χ1n) is 4.87. The maximum absolute atomic E-state index is 11.1. The topological polar surface area (TPSA) is 41.6 Å². The summed E-state index contributed by atoms with van der Waals surface area (Å²) in [6, 6.07) is 6.15. The molecule has 0 aliphatic carbocycles. The average molecular weight is 189 g/mol. The lowest BCUT2D eigenvalue weighted by Crippen LogP contribution is -2.18. The van der Waals surface area contributed by atoms with Crippen LogP contribution in [0.25, 0.3) is 0 Å². The Morgan fingerprint density at radius 3 is 3.00 bits per heavy atom. The highest BCUT2D eigenvalue weighted by molar-refractivity contribution is 5.93. The smallest absolute Gasteiger partial charge is 0.224 e. The number of nitrogens with one attached hydrogen (secondary N) is 1. The zero-order valence-electron chi connectivity index (χ0n) is 7.75. The second kappa shape index (κ2) is 2.82. The minimum Gasteiger partial charge on any atom is -0.368 e. The first kappa shape index (κ1) is 8.00. The number of hydrogen-bond donors (Lipinski definition) is 1. The van der Waals surface area contributed by atoms with Gasteiger partial charge in [0.05, 0.1) is 6.61 Å². The van der Waals surface area contributed by atoms with E-state index < -0.39 is 0 Å². The number of hydrogen-bond acceptors (Lipinski definition) is 2. The number of fused-ring (bicyclic) bond motifs is 1. The third-order valence-electron chi connectivity index (χ3n) is 2.73. The van der Waals surface area contributed by atoms with E-state index >= 15 is 0 Å². The largest absolute Gasteiger partial charge is 0.368 e. The van der Waals surface area contributed by atoms with Crippen LogP contribution in [-0.2, 0) is 16.0 Å². The van der Waals surface area contributed by atoms with Crippen LogP contribution < -0.4 is 5.32 Å². The summed E-state index contributed by atoms with van der Waals surface area (Å²) in [6.45, 7) is 0.838. The van der Waals surface area contributed by atoms with E-state index in [0.29, 0.717) is 12.5 Å². The van der Waals surface area contributed by atoms with Gasteiger partial charge in [-0.1, -0.05) is 12.1 Å². The van der Waals surface area contributed by atoms with Gasteiger partial charge in [-0.3, -0.25) is 4.79 Å². The zero-order valence-corrected chi connectivity index (χ0v) is 7.75. The number of epoxide rings is 1. The van der Waals surface area contributed by atoms with E-state index in [2.05, 4.69) is 11.4 Å². The molecule has 14 heavy (non-hydrogen) atoms.